The fourth-order valence-corrected chi connectivity index (χ4v) is 2.55. The highest BCUT2D eigenvalue weighted by Gasteiger charge is 2.44. The Bertz CT molecular complexity index is 555. The summed E-state index contributed by atoms with van der Waals surface area (Å²) in [5.41, 5.74) is 0.236. The maximum atomic E-state index is 12.3. The van der Waals surface area contributed by atoms with Crippen LogP contribution >= 0.6 is 0 Å². The van der Waals surface area contributed by atoms with E-state index < -0.39 is 12.1 Å². The van der Waals surface area contributed by atoms with Gasteiger partial charge in [0.2, 0.25) is 11.7 Å². The van der Waals surface area contributed by atoms with Gasteiger partial charge in [-0.05, 0) is 18.2 Å². The number of rotatable bonds is 0. The molecule has 6 heteroatoms. The van der Waals surface area contributed by atoms with Crippen LogP contribution in [0.15, 0.2) is 42.2 Å². The van der Waals surface area contributed by atoms with Crippen molar-refractivity contribution < 1.29 is 20.3 Å². The standard InChI is InChI=1S/C12H12N2O4/c15-9-5-1-3-7-11(9)14(18)8-4-2-6-10(16)12(8)13(7)17/h1-7,11,13-16H. The maximum Gasteiger partial charge on any atom is 0.235 e. The molecule has 0 radical (unpaired) electrons. The SMILES string of the molecule is [O-][NH+]1c2c(O)cccc2[NH+]([O-])C2C(O)=CC=CC21. The molecule has 2 aliphatic rings. The third-order valence-electron chi connectivity index (χ3n) is 3.40. The topological polar surface area (TPSA) is 95.5 Å². The molecule has 4 atom stereocenters. The van der Waals surface area contributed by atoms with Crippen molar-refractivity contribution in [1.29, 1.82) is 0 Å². The Hall–Kier alpha value is -1.86. The predicted molar refractivity (Wildman–Crippen MR) is 63.5 cm³/mol. The number of hydroxylamine groups is 2. The van der Waals surface area contributed by atoms with Gasteiger partial charge in [0.25, 0.3) is 0 Å². The third kappa shape index (κ3) is 1.37. The summed E-state index contributed by atoms with van der Waals surface area (Å²) in [6.45, 7) is 0. The van der Waals surface area contributed by atoms with Gasteiger partial charge in [-0.2, -0.15) is 0 Å². The first-order chi connectivity index (χ1) is 8.61. The molecule has 1 aromatic rings. The van der Waals surface area contributed by atoms with Crippen molar-refractivity contribution in [3.8, 4) is 5.75 Å². The summed E-state index contributed by atoms with van der Waals surface area (Å²) in [7, 11) is 0. The molecular formula is C12H12N2O4. The van der Waals surface area contributed by atoms with Crippen LogP contribution in [0.1, 0.15) is 0 Å². The molecule has 0 amide bonds. The van der Waals surface area contributed by atoms with E-state index in [1.54, 1.807) is 12.2 Å². The van der Waals surface area contributed by atoms with Crippen molar-refractivity contribution in [2.75, 3.05) is 0 Å². The van der Waals surface area contributed by atoms with E-state index in [9.17, 15) is 20.6 Å². The quantitative estimate of drug-likeness (QED) is 0.356. The minimum Gasteiger partial charge on any atom is -0.628 e. The summed E-state index contributed by atoms with van der Waals surface area (Å²) in [6, 6.07) is 2.82. The number of fused-ring (bicyclic) bond motifs is 2. The van der Waals surface area contributed by atoms with Crippen LogP contribution in [-0.2, 0) is 0 Å². The number of para-hydroxylation sites is 1. The number of phenolic OH excluding ortho intramolecular Hbond substituents is 1. The minimum absolute atomic E-state index is 0.0584. The Morgan fingerprint density at radius 1 is 1.11 bits per heavy atom. The van der Waals surface area contributed by atoms with Gasteiger partial charge >= 0.3 is 0 Å². The molecule has 1 aromatic carbocycles. The first-order valence-electron chi connectivity index (χ1n) is 5.59. The number of benzene rings is 1. The average molecular weight is 248 g/mol. The molecule has 3 rings (SSSR count). The number of aliphatic hydroxyl groups excluding tert-OH is 1. The molecule has 1 aliphatic carbocycles. The highest BCUT2D eigenvalue weighted by Crippen LogP contribution is 2.29. The summed E-state index contributed by atoms with van der Waals surface area (Å²) in [5.74, 6) is -0.290. The number of hydrogen-bond donors (Lipinski definition) is 4. The van der Waals surface area contributed by atoms with Crippen LogP contribution < -0.4 is 10.1 Å². The van der Waals surface area contributed by atoms with Crippen molar-refractivity contribution in [2.24, 2.45) is 0 Å². The minimum atomic E-state index is -0.850. The largest absolute Gasteiger partial charge is 0.628 e. The second-order valence-corrected chi connectivity index (χ2v) is 4.41. The summed E-state index contributed by atoms with van der Waals surface area (Å²) in [5, 5.41) is 43.4. The van der Waals surface area contributed by atoms with Crippen LogP contribution in [0, 0.1) is 10.4 Å². The molecule has 4 unspecified atom stereocenters. The molecule has 0 saturated carbocycles. The Morgan fingerprint density at radius 2 is 1.89 bits per heavy atom. The number of allylic oxidation sites excluding steroid dienone is 2. The Labute approximate surface area is 103 Å². The van der Waals surface area contributed by atoms with Gasteiger partial charge in [-0.15, -0.1) is 0 Å². The van der Waals surface area contributed by atoms with Gasteiger partial charge in [-0.1, -0.05) is 12.1 Å². The number of phenols is 1. The maximum absolute atomic E-state index is 12.3. The lowest BCUT2D eigenvalue weighted by Gasteiger charge is -2.45. The Kier molecular flexibility index (Phi) is 2.39. The molecule has 0 bridgehead atoms. The fraction of sp³-hybridized carbons (Fsp3) is 0.167. The van der Waals surface area contributed by atoms with Crippen molar-refractivity contribution in [3.63, 3.8) is 0 Å². The lowest BCUT2D eigenvalue weighted by Crippen LogP contribution is -3.22. The van der Waals surface area contributed by atoms with Crippen LogP contribution in [0.4, 0.5) is 11.4 Å². The molecule has 1 heterocycles. The Morgan fingerprint density at radius 3 is 2.67 bits per heavy atom. The van der Waals surface area contributed by atoms with Gasteiger partial charge in [0.15, 0.2) is 23.2 Å². The van der Waals surface area contributed by atoms with Gasteiger partial charge in [0.1, 0.15) is 0 Å². The van der Waals surface area contributed by atoms with Crippen molar-refractivity contribution in [1.82, 2.24) is 0 Å². The van der Waals surface area contributed by atoms with E-state index in [0.29, 0.717) is 0 Å². The van der Waals surface area contributed by atoms with E-state index in [-0.39, 0.29) is 33.0 Å². The zero-order valence-electron chi connectivity index (χ0n) is 9.33. The zero-order chi connectivity index (χ0) is 12.9. The molecule has 0 saturated heterocycles. The highest BCUT2D eigenvalue weighted by atomic mass is 16.5. The van der Waals surface area contributed by atoms with Crippen LogP contribution in [0.25, 0.3) is 0 Å². The zero-order valence-corrected chi connectivity index (χ0v) is 9.33. The molecule has 4 N–H and O–H groups in total. The summed E-state index contributed by atoms with van der Waals surface area (Å²) < 4.78 is 0. The second kappa shape index (κ2) is 3.82. The lowest BCUT2D eigenvalue weighted by atomic mass is 9.96. The molecular weight excluding hydrogens is 236 g/mol. The summed E-state index contributed by atoms with van der Waals surface area (Å²) in [6.07, 6.45) is 4.55. The molecule has 0 fully saturated rings. The van der Waals surface area contributed by atoms with Gasteiger partial charge in [0, 0.05) is 6.07 Å². The van der Waals surface area contributed by atoms with Gasteiger partial charge in [0.05, 0.1) is 0 Å². The van der Waals surface area contributed by atoms with Crippen LogP contribution in [0.5, 0.6) is 5.75 Å². The van der Waals surface area contributed by atoms with E-state index in [1.807, 2.05) is 0 Å². The first-order valence-corrected chi connectivity index (χ1v) is 5.59. The monoisotopic (exact) mass is 248 g/mol. The molecule has 1 aliphatic heterocycles. The van der Waals surface area contributed by atoms with E-state index in [0.717, 1.165) is 0 Å². The van der Waals surface area contributed by atoms with Gasteiger partial charge in [-0.3, -0.25) is 0 Å². The van der Waals surface area contributed by atoms with Gasteiger partial charge in [-0.25, -0.2) is 0 Å². The first kappa shape index (κ1) is 11.2. The molecule has 0 aromatic heterocycles. The average Bonchev–Trinajstić information content (AvgIpc) is 2.35. The van der Waals surface area contributed by atoms with Gasteiger partial charge < -0.3 is 30.8 Å². The number of nitrogens with one attached hydrogen (secondary N) is 2. The van der Waals surface area contributed by atoms with E-state index in [4.69, 9.17) is 0 Å². The van der Waals surface area contributed by atoms with E-state index in [2.05, 4.69) is 0 Å². The van der Waals surface area contributed by atoms with Crippen LogP contribution in [-0.4, -0.2) is 22.3 Å². The number of aromatic hydroxyl groups is 1. The van der Waals surface area contributed by atoms with Crippen molar-refractivity contribution >= 4 is 11.4 Å². The fourth-order valence-electron chi connectivity index (χ4n) is 2.55. The number of quaternary nitrogens is 2. The molecule has 0 spiro atoms. The summed E-state index contributed by atoms with van der Waals surface area (Å²) >= 11 is 0. The highest BCUT2D eigenvalue weighted by molar-refractivity contribution is 5.61. The number of aliphatic hydroxyl groups is 1. The second-order valence-electron chi connectivity index (χ2n) is 4.41. The normalized spacial score (nSPS) is 33.6. The molecule has 94 valence electrons. The third-order valence-corrected chi connectivity index (χ3v) is 3.40. The smallest absolute Gasteiger partial charge is 0.235 e. The van der Waals surface area contributed by atoms with Crippen LogP contribution in [0.3, 0.4) is 0 Å². The molecule has 6 nitrogen and oxygen atoms in total. The van der Waals surface area contributed by atoms with E-state index in [1.165, 1.54) is 24.3 Å². The lowest BCUT2D eigenvalue weighted by molar-refractivity contribution is -0.904. The summed E-state index contributed by atoms with van der Waals surface area (Å²) in [4.78, 5) is 0. The van der Waals surface area contributed by atoms with E-state index >= 15 is 0 Å². The Balaban J connectivity index is 2.19. The molecule has 18 heavy (non-hydrogen) atoms. The van der Waals surface area contributed by atoms with Crippen LogP contribution in [0.2, 0.25) is 0 Å². The van der Waals surface area contributed by atoms with Crippen molar-refractivity contribution in [3.05, 3.63) is 52.6 Å². The predicted octanol–water partition coefficient (Wildman–Crippen LogP) is -0.817. The van der Waals surface area contributed by atoms with Crippen molar-refractivity contribution in [2.45, 2.75) is 12.1 Å². The number of hydrogen-bond acceptors (Lipinski definition) is 4.